The third-order valence-electron chi connectivity index (χ3n) is 6.13. The van der Waals surface area contributed by atoms with E-state index >= 15 is 0 Å². The highest BCUT2D eigenvalue weighted by molar-refractivity contribution is 6.02. The van der Waals surface area contributed by atoms with Crippen molar-refractivity contribution in [2.24, 2.45) is 7.05 Å². The second kappa shape index (κ2) is 11.9. The lowest BCUT2D eigenvalue weighted by molar-refractivity contribution is -0.111. The van der Waals surface area contributed by atoms with Gasteiger partial charge in [-0.25, -0.2) is 9.97 Å². The molecule has 4 rings (SSSR count). The number of aryl methyl sites for hydroxylation is 1. The maximum Gasteiger partial charge on any atom is 0.387 e. The molecule has 2 aromatic heterocycles. The SMILES string of the molecule is C=CC(=O)Nc1cc(Nc2nccc(-c3cn(C)c4ccccc34)n2)c(OC(F)F)cc1N(C)CCN(C)C. The zero-order valence-electron chi connectivity index (χ0n) is 22.3. The fourth-order valence-corrected chi connectivity index (χ4v) is 4.17. The Morgan fingerprint density at radius 2 is 1.92 bits per heavy atom. The number of rotatable bonds is 11. The Hall–Kier alpha value is -4.51. The van der Waals surface area contributed by atoms with Crippen LogP contribution in [0.4, 0.5) is 31.8 Å². The second-order valence-electron chi connectivity index (χ2n) is 9.22. The summed E-state index contributed by atoms with van der Waals surface area (Å²) in [5, 5.41) is 6.78. The summed E-state index contributed by atoms with van der Waals surface area (Å²) in [6, 6.07) is 12.7. The molecule has 4 aromatic rings. The molecule has 0 spiro atoms. The van der Waals surface area contributed by atoms with Crippen LogP contribution in [0.5, 0.6) is 5.75 Å². The first-order valence-corrected chi connectivity index (χ1v) is 12.2. The molecule has 0 aliphatic carbocycles. The van der Waals surface area contributed by atoms with Gasteiger partial charge in [-0.15, -0.1) is 0 Å². The van der Waals surface area contributed by atoms with Gasteiger partial charge in [0.1, 0.15) is 0 Å². The quantitative estimate of drug-likeness (QED) is 0.258. The summed E-state index contributed by atoms with van der Waals surface area (Å²) >= 11 is 0. The second-order valence-corrected chi connectivity index (χ2v) is 9.22. The minimum atomic E-state index is -3.07. The predicted octanol–water partition coefficient (Wildman–Crippen LogP) is 5.10. The summed E-state index contributed by atoms with van der Waals surface area (Å²) in [7, 11) is 7.62. The van der Waals surface area contributed by atoms with Crippen molar-refractivity contribution >= 4 is 39.8 Å². The van der Waals surface area contributed by atoms with Crippen molar-refractivity contribution in [2.45, 2.75) is 6.61 Å². The van der Waals surface area contributed by atoms with E-state index in [1.54, 1.807) is 19.3 Å². The highest BCUT2D eigenvalue weighted by atomic mass is 19.3. The average molecular weight is 536 g/mol. The van der Waals surface area contributed by atoms with Gasteiger partial charge in [0.2, 0.25) is 11.9 Å². The number of hydrogen-bond donors (Lipinski definition) is 2. The van der Waals surface area contributed by atoms with Gasteiger partial charge in [0.15, 0.2) is 5.75 Å². The Morgan fingerprint density at radius 3 is 2.64 bits per heavy atom. The van der Waals surface area contributed by atoms with E-state index in [1.165, 1.54) is 12.1 Å². The van der Waals surface area contributed by atoms with Crippen LogP contribution in [0.15, 0.2) is 67.5 Å². The topological polar surface area (TPSA) is 87.5 Å². The number of benzene rings is 2. The van der Waals surface area contributed by atoms with Gasteiger partial charge in [-0.3, -0.25) is 4.79 Å². The van der Waals surface area contributed by atoms with Crippen LogP contribution < -0.4 is 20.3 Å². The first-order valence-electron chi connectivity index (χ1n) is 12.2. The van der Waals surface area contributed by atoms with E-state index < -0.39 is 12.5 Å². The Morgan fingerprint density at radius 1 is 1.15 bits per heavy atom. The zero-order valence-corrected chi connectivity index (χ0v) is 22.3. The minimum absolute atomic E-state index is 0.118. The van der Waals surface area contributed by atoms with E-state index in [0.717, 1.165) is 22.5 Å². The lowest BCUT2D eigenvalue weighted by Gasteiger charge is -2.26. The molecule has 0 saturated heterocycles. The number of anilines is 4. The van der Waals surface area contributed by atoms with Gasteiger partial charge in [0.25, 0.3) is 0 Å². The number of fused-ring (bicyclic) bond motifs is 1. The molecule has 2 aromatic carbocycles. The molecule has 0 bridgehead atoms. The summed E-state index contributed by atoms with van der Waals surface area (Å²) < 4.78 is 33.8. The van der Waals surface area contributed by atoms with Crippen molar-refractivity contribution in [1.29, 1.82) is 0 Å². The molecule has 2 heterocycles. The molecule has 2 N–H and O–H groups in total. The van der Waals surface area contributed by atoms with Crippen LogP contribution in [0.2, 0.25) is 0 Å². The summed E-state index contributed by atoms with van der Waals surface area (Å²) in [6.07, 6.45) is 4.70. The van der Waals surface area contributed by atoms with E-state index in [9.17, 15) is 13.6 Å². The average Bonchev–Trinajstić information content (AvgIpc) is 3.25. The normalized spacial score (nSPS) is 11.2. The van der Waals surface area contributed by atoms with Crippen molar-refractivity contribution < 1.29 is 18.3 Å². The largest absolute Gasteiger partial charge is 0.433 e. The van der Waals surface area contributed by atoms with Gasteiger partial charge in [-0.05, 0) is 38.4 Å². The number of amides is 1. The number of ether oxygens (including phenoxy) is 1. The summed E-state index contributed by atoms with van der Waals surface area (Å²) in [5.41, 5.74) is 3.65. The molecule has 0 atom stereocenters. The molecular weight excluding hydrogens is 504 g/mol. The maximum absolute atomic E-state index is 13.4. The third kappa shape index (κ3) is 6.50. The molecule has 0 aliphatic rings. The lowest BCUT2D eigenvalue weighted by atomic mass is 10.1. The van der Waals surface area contributed by atoms with Gasteiger partial charge >= 0.3 is 6.61 Å². The minimum Gasteiger partial charge on any atom is -0.433 e. The number of carbonyl (C=O) groups is 1. The summed E-state index contributed by atoms with van der Waals surface area (Å²) in [5.74, 6) is -0.387. The van der Waals surface area contributed by atoms with E-state index in [0.29, 0.717) is 30.2 Å². The number of aromatic nitrogens is 3. The number of nitrogens with zero attached hydrogens (tertiary/aromatic N) is 5. The van der Waals surface area contributed by atoms with Gasteiger partial charge in [-0.2, -0.15) is 8.78 Å². The molecule has 11 heteroatoms. The van der Waals surface area contributed by atoms with Crippen LogP contribution in [-0.4, -0.2) is 66.2 Å². The summed E-state index contributed by atoms with van der Waals surface area (Å²) in [4.78, 5) is 25.0. The molecule has 0 unspecified atom stereocenters. The maximum atomic E-state index is 13.4. The van der Waals surface area contributed by atoms with Crippen molar-refractivity contribution in [1.82, 2.24) is 19.4 Å². The van der Waals surface area contributed by atoms with Gasteiger partial charge in [0, 0.05) is 62.1 Å². The highest BCUT2D eigenvalue weighted by Gasteiger charge is 2.19. The number of nitrogens with one attached hydrogen (secondary N) is 2. The van der Waals surface area contributed by atoms with Gasteiger partial charge in [0.05, 0.1) is 22.8 Å². The fourth-order valence-electron chi connectivity index (χ4n) is 4.17. The standard InChI is InChI=1S/C28H31F2N7O2/c1-6-26(38)32-21-15-22(25(39-27(29)30)16-24(21)36(4)14-13-35(2)3)34-28-31-12-11-20(33-28)19-17-37(5)23-10-8-7-9-18(19)23/h6-12,15-17,27H,1,13-14H2,2-5H3,(H,32,38)(H,31,33,34). The molecule has 0 radical (unpaired) electrons. The molecule has 0 fully saturated rings. The smallest absolute Gasteiger partial charge is 0.387 e. The van der Waals surface area contributed by atoms with E-state index in [4.69, 9.17) is 4.74 Å². The molecule has 9 nitrogen and oxygen atoms in total. The van der Waals surface area contributed by atoms with Crippen LogP contribution in [0.1, 0.15) is 0 Å². The van der Waals surface area contributed by atoms with Gasteiger partial charge in [-0.1, -0.05) is 24.8 Å². The Bertz CT molecular complexity index is 1490. The highest BCUT2D eigenvalue weighted by Crippen LogP contribution is 2.39. The first kappa shape index (κ1) is 27.5. The fraction of sp³-hybridized carbons (Fsp3) is 0.250. The van der Waals surface area contributed by atoms with E-state index in [-0.39, 0.29) is 17.4 Å². The van der Waals surface area contributed by atoms with Gasteiger partial charge < -0.3 is 29.7 Å². The van der Waals surface area contributed by atoms with E-state index in [2.05, 4.69) is 27.2 Å². The molecule has 39 heavy (non-hydrogen) atoms. The number of alkyl halides is 2. The van der Waals surface area contributed by atoms with Crippen molar-refractivity contribution in [2.75, 3.05) is 49.8 Å². The van der Waals surface area contributed by atoms with E-state index in [1.807, 2.05) is 66.0 Å². The number of halogens is 2. The number of para-hydroxylation sites is 1. The monoisotopic (exact) mass is 535 g/mol. The van der Waals surface area contributed by atoms with Crippen LogP contribution in [0.3, 0.4) is 0 Å². The third-order valence-corrected chi connectivity index (χ3v) is 6.13. The number of likely N-dealkylation sites (N-methyl/N-ethyl adjacent to an activating group) is 2. The van der Waals surface area contributed by atoms with Crippen molar-refractivity contribution in [3.8, 4) is 17.0 Å². The summed E-state index contributed by atoms with van der Waals surface area (Å²) in [6.45, 7) is 1.71. The number of hydrogen-bond acceptors (Lipinski definition) is 7. The molecule has 204 valence electrons. The van der Waals surface area contributed by atoms with Crippen LogP contribution in [0.25, 0.3) is 22.2 Å². The Labute approximate surface area is 225 Å². The first-order chi connectivity index (χ1) is 18.7. The molecule has 0 aliphatic heterocycles. The lowest BCUT2D eigenvalue weighted by Crippen LogP contribution is -2.29. The molecule has 0 saturated carbocycles. The predicted molar refractivity (Wildman–Crippen MR) is 151 cm³/mol. The van der Waals surface area contributed by atoms with Crippen LogP contribution >= 0.6 is 0 Å². The van der Waals surface area contributed by atoms with Crippen molar-refractivity contribution in [3.63, 3.8) is 0 Å². The van der Waals surface area contributed by atoms with Crippen molar-refractivity contribution in [3.05, 3.63) is 67.5 Å². The zero-order chi connectivity index (χ0) is 28.1. The Balaban J connectivity index is 1.75. The number of carbonyl (C=O) groups excluding carboxylic acids is 1. The van der Waals surface area contributed by atoms with Crippen LogP contribution in [-0.2, 0) is 11.8 Å². The van der Waals surface area contributed by atoms with Crippen LogP contribution in [0, 0.1) is 0 Å². The molecular formula is C28H31F2N7O2. The molecule has 1 amide bonds. The Kier molecular flexibility index (Phi) is 8.40.